The van der Waals surface area contributed by atoms with Crippen LogP contribution in [0.3, 0.4) is 0 Å². The van der Waals surface area contributed by atoms with E-state index in [2.05, 4.69) is 39.8 Å². The number of imidazole rings is 1. The number of guanidine groups is 1. The highest BCUT2D eigenvalue weighted by atomic mass is 127. The second-order valence-corrected chi connectivity index (χ2v) is 6.43. The van der Waals surface area contributed by atoms with Gasteiger partial charge >= 0.3 is 0 Å². The van der Waals surface area contributed by atoms with Gasteiger partial charge in [-0.25, -0.2) is 4.98 Å². The van der Waals surface area contributed by atoms with Crippen molar-refractivity contribution < 1.29 is 0 Å². The summed E-state index contributed by atoms with van der Waals surface area (Å²) in [5, 5.41) is 3.47. The number of nitrogens with zero attached hydrogens (tertiary/aromatic N) is 4. The second kappa shape index (κ2) is 8.17. The van der Waals surface area contributed by atoms with E-state index in [1.165, 1.54) is 19.3 Å². The van der Waals surface area contributed by atoms with Crippen molar-refractivity contribution >= 4 is 29.9 Å². The number of halogens is 1. The average Bonchev–Trinajstić information content (AvgIpc) is 3.16. The molecule has 1 aromatic rings. The van der Waals surface area contributed by atoms with E-state index in [4.69, 9.17) is 4.99 Å². The molecule has 2 heterocycles. The van der Waals surface area contributed by atoms with Crippen molar-refractivity contribution in [1.82, 2.24) is 19.8 Å². The van der Waals surface area contributed by atoms with Gasteiger partial charge in [0, 0.05) is 38.6 Å². The molecule has 1 saturated heterocycles. The Balaban J connectivity index is 0.00000176. The van der Waals surface area contributed by atoms with Crippen LogP contribution in [0.15, 0.2) is 23.7 Å². The van der Waals surface area contributed by atoms with E-state index in [0.717, 1.165) is 38.1 Å². The predicted molar refractivity (Wildman–Crippen MR) is 101 cm³/mol. The molecule has 6 heteroatoms. The standard InChI is InChI=1S/C16H27N5.HI/c1-3-18-16(19-10-14-4-5-14)20-8-6-13(2)15(11-20)21-9-7-17-12-21;/h7,9,12-15H,3-6,8,10-11H2,1-2H3,(H,18,19);1H. The highest BCUT2D eigenvalue weighted by Gasteiger charge is 2.29. The minimum Gasteiger partial charge on any atom is -0.357 e. The summed E-state index contributed by atoms with van der Waals surface area (Å²) in [6.07, 6.45) is 9.82. The Hall–Kier alpha value is -0.790. The molecule has 0 radical (unpaired) electrons. The van der Waals surface area contributed by atoms with Gasteiger partial charge in [0.05, 0.1) is 12.4 Å². The molecule has 0 bridgehead atoms. The number of hydrogen-bond donors (Lipinski definition) is 1. The van der Waals surface area contributed by atoms with Crippen molar-refractivity contribution in [2.75, 3.05) is 26.2 Å². The van der Waals surface area contributed by atoms with E-state index in [1.807, 2.05) is 12.5 Å². The van der Waals surface area contributed by atoms with Gasteiger partial charge in [-0.3, -0.25) is 4.99 Å². The summed E-state index contributed by atoms with van der Waals surface area (Å²) in [6.45, 7) is 8.54. The van der Waals surface area contributed by atoms with E-state index in [1.54, 1.807) is 0 Å². The summed E-state index contributed by atoms with van der Waals surface area (Å²) >= 11 is 0. The summed E-state index contributed by atoms with van der Waals surface area (Å²) in [7, 11) is 0. The van der Waals surface area contributed by atoms with Crippen LogP contribution in [-0.2, 0) is 0 Å². The molecule has 1 aliphatic carbocycles. The van der Waals surface area contributed by atoms with Gasteiger partial charge < -0.3 is 14.8 Å². The van der Waals surface area contributed by atoms with Crippen molar-refractivity contribution in [3.63, 3.8) is 0 Å². The third-order valence-electron chi connectivity index (χ3n) is 4.66. The Morgan fingerprint density at radius 1 is 1.36 bits per heavy atom. The van der Waals surface area contributed by atoms with E-state index in [-0.39, 0.29) is 24.0 Å². The third-order valence-corrected chi connectivity index (χ3v) is 4.66. The molecule has 124 valence electrons. The quantitative estimate of drug-likeness (QED) is 0.466. The van der Waals surface area contributed by atoms with Crippen molar-refractivity contribution in [2.45, 2.75) is 39.2 Å². The Morgan fingerprint density at radius 3 is 2.82 bits per heavy atom. The molecule has 0 amide bonds. The van der Waals surface area contributed by atoms with Gasteiger partial charge in [0.1, 0.15) is 0 Å². The van der Waals surface area contributed by atoms with Gasteiger partial charge in [0.2, 0.25) is 0 Å². The largest absolute Gasteiger partial charge is 0.357 e. The van der Waals surface area contributed by atoms with Crippen LogP contribution in [0.5, 0.6) is 0 Å². The fraction of sp³-hybridized carbons (Fsp3) is 0.750. The minimum atomic E-state index is 0. The Bertz CT molecular complexity index is 469. The summed E-state index contributed by atoms with van der Waals surface area (Å²) < 4.78 is 2.25. The molecule has 0 spiro atoms. The summed E-state index contributed by atoms with van der Waals surface area (Å²) in [5.41, 5.74) is 0. The molecule has 1 saturated carbocycles. The van der Waals surface area contributed by atoms with Gasteiger partial charge in [0.25, 0.3) is 0 Å². The average molecular weight is 417 g/mol. The zero-order valence-corrected chi connectivity index (χ0v) is 15.9. The van der Waals surface area contributed by atoms with Crippen LogP contribution in [0, 0.1) is 11.8 Å². The maximum absolute atomic E-state index is 4.85. The van der Waals surface area contributed by atoms with Gasteiger partial charge in [-0.2, -0.15) is 0 Å². The molecule has 2 aliphatic rings. The molecule has 5 nitrogen and oxygen atoms in total. The number of aromatic nitrogens is 2. The summed E-state index contributed by atoms with van der Waals surface area (Å²) in [4.78, 5) is 11.5. The van der Waals surface area contributed by atoms with Gasteiger partial charge in [0.15, 0.2) is 5.96 Å². The first-order chi connectivity index (χ1) is 10.3. The van der Waals surface area contributed by atoms with Crippen molar-refractivity contribution in [3.05, 3.63) is 18.7 Å². The van der Waals surface area contributed by atoms with Crippen LogP contribution in [0.4, 0.5) is 0 Å². The van der Waals surface area contributed by atoms with E-state index >= 15 is 0 Å². The lowest BCUT2D eigenvalue weighted by Gasteiger charge is -2.39. The first-order valence-corrected chi connectivity index (χ1v) is 8.28. The Morgan fingerprint density at radius 2 is 2.18 bits per heavy atom. The SMILES string of the molecule is CCNC(=NCC1CC1)N1CCC(C)C(n2ccnc2)C1.I. The maximum atomic E-state index is 4.85. The number of aliphatic imine (C=N–C) groups is 1. The molecule has 3 rings (SSSR count). The number of piperidine rings is 1. The number of rotatable bonds is 4. The fourth-order valence-corrected chi connectivity index (χ4v) is 3.04. The van der Waals surface area contributed by atoms with Crippen LogP contribution in [0.25, 0.3) is 0 Å². The van der Waals surface area contributed by atoms with Gasteiger partial charge in [-0.05, 0) is 38.0 Å². The first-order valence-electron chi connectivity index (χ1n) is 8.28. The van der Waals surface area contributed by atoms with Gasteiger partial charge in [-0.15, -0.1) is 24.0 Å². The molecule has 1 aliphatic heterocycles. The van der Waals surface area contributed by atoms with Gasteiger partial charge in [-0.1, -0.05) is 6.92 Å². The van der Waals surface area contributed by atoms with Crippen LogP contribution >= 0.6 is 24.0 Å². The lowest BCUT2D eigenvalue weighted by molar-refractivity contribution is 0.189. The highest BCUT2D eigenvalue weighted by Crippen LogP contribution is 2.30. The smallest absolute Gasteiger partial charge is 0.193 e. The molecule has 0 aromatic carbocycles. The summed E-state index contributed by atoms with van der Waals surface area (Å²) in [6, 6.07) is 0.492. The fourth-order valence-electron chi connectivity index (χ4n) is 3.04. The molecule has 1 aromatic heterocycles. The second-order valence-electron chi connectivity index (χ2n) is 6.43. The first kappa shape index (κ1) is 17.6. The van der Waals surface area contributed by atoms with Crippen molar-refractivity contribution in [2.24, 2.45) is 16.8 Å². The Labute approximate surface area is 150 Å². The predicted octanol–water partition coefficient (Wildman–Crippen LogP) is 2.76. The van der Waals surface area contributed by atoms with E-state index in [0.29, 0.717) is 12.0 Å². The molecular weight excluding hydrogens is 389 g/mol. The van der Waals surface area contributed by atoms with Crippen molar-refractivity contribution in [1.29, 1.82) is 0 Å². The summed E-state index contributed by atoms with van der Waals surface area (Å²) in [5.74, 6) is 2.62. The lowest BCUT2D eigenvalue weighted by atomic mass is 9.93. The van der Waals surface area contributed by atoms with Crippen LogP contribution < -0.4 is 5.32 Å². The Kier molecular flexibility index (Phi) is 6.52. The van der Waals surface area contributed by atoms with Crippen molar-refractivity contribution in [3.8, 4) is 0 Å². The highest BCUT2D eigenvalue weighted by molar-refractivity contribution is 14.0. The lowest BCUT2D eigenvalue weighted by Crippen LogP contribution is -2.49. The van der Waals surface area contributed by atoms with E-state index in [9.17, 15) is 0 Å². The number of hydrogen-bond acceptors (Lipinski definition) is 2. The maximum Gasteiger partial charge on any atom is 0.193 e. The van der Waals surface area contributed by atoms with Crippen LogP contribution in [0.2, 0.25) is 0 Å². The molecule has 22 heavy (non-hydrogen) atoms. The number of nitrogens with one attached hydrogen (secondary N) is 1. The monoisotopic (exact) mass is 417 g/mol. The molecule has 2 fully saturated rings. The van der Waals surface area contributed by atoms with E-state index < -0.39 is 0 Å². The van der Waals surface area contributed by atoms with Crippen LogP contribution in [0.1, 0.15) is 39.2 Å². The normalized spacial score (nSPS) is 25.7. The molecule has 1 N–H and O–H groups in total. The molecule has 2 unspecified atom stereocenters. The topological polar surface area (TPSA) is 45.5 Å². The third kappa shape index (κ3) is 4.36. The molecule has 2 atom stereocenters. The zero-order valence-electron chi connectivity index (χ0n) is 13.6. The minimum absolute atomic E-state index is 0. The molecular formula is C16H28IN5. The number of likely N-dealkylation sites (tertiary alicyclic amines) is 1. The zero-order chi connectivity index (χ0) is 14.7. The van der Waals surface area contributed by atoms with Crippen LogP contribution in [-0.4, -0.2) is 46.6 Å².